The van der Waals surface area contributed by atoms with Gasteiger partial charge in [-0.2, -0.15) is 0 Å². The van der Waals surface area contributed by atoms with Gasteiger partial charge in [-0.25, -0.2) is 4.90 Å². The number of hydrogen-bond donors (Lipinski definition) is 2. The van der Waals surface area contributed by atoms with Crippen molar-refractivity contribution in [2.24, 2.45) is 0 Å². The molecule has 4 amide bonds. The van der Waals surface area contributed by atoms with E-state index in [0.29, 0.717) is 38.2 Å². The molecule has 5 rings (SSSR count). The zero-order valence-corrected chi connectivity index (χ0v) is 27.5. The molecule has 1 unspecified atom stereocenters. The number of carbonyl (C=O) groups excluding carboxylic acids is 4. The van der Waals surface area contributed by atoms with Crippen molar-refractivity contribution in [3.05, 3.63) is 122 Å². The third-order valence-corrected chi connectivity index (χ3v) is 9.07. The van der Waals surface area contributed by atoms with E-state index in [9.17, 15) is 19.2 Å². The van der Waals surface area contributed by atoms with Gasteiger partial charge in [-0.15, -0.1) is 11.8 Å². The normalized spacial score (nSPS) is 14.8. The van der Waals surface area contributed by atoms with Crippen LogP contribution < -0.4 is 20.3 Å². The first-order valence-corrected chi connectivity index (χ1v) is 15.9. The molecule has 0 saturated carbocycles. The minimum absolute atomic E-state index is 0.00674. The van der Waals surface area contributed by atoms with Gasteiger partial charge in [0.1, 0.15) is 11.4 Å². The number of rotatable bonds is 9. The van der Waals surface area contributed by atoms with Crippen LogP contribution in [0.3, 0.4) is 0 Å². The molecule has 0 aromatic heterocycles. The van der Waals surface area contributed by atoms with E-state index in [1.54, 1.807) is 78.9 Å². The minimum Gasteiger partial charge on any atom is -0.496 e. The van der Waals surface area contributed by atoms with Crippen molar-refractivity contribution in [3.63, 3.8) is 0 Å². The summed E-state index contributed by atoms with van der Waals surface area (Å²) in [5.74, 6) is -1.28. The van der Waals surface area contributed by atoms with Gasteiger partial charge < -0.3 is 15.4 Å². The van der Waals surface area contributed by atoms with Crippen LogP contribution in [-0.4, -0.2) is 36.0 Å². The highest BCUT2D eigenvalue weighted by molar-refractivity contribution is 9.10. The molecule has 1 heterocycles. The Morgan fingerprint density at radius 1 is 0.956 bits per heavy atom. The molecule has 1 aliphatic rings. The molecular formula is C33H24BrCl2N3O5S. The second-order valence-corrected chi connectivity index (χ2v) is 12.7. The summed E-state index contributed by atoms with van der Waals surface area (Å²) in [4.78, 5) is 54.4. The van der Waals surface area contributed by atoms with Crippen LogP contribution in [0.2, 0.25) is 10.0 Å². The molecule has 2 N–H and O–H groups in total. The number of hydrogen-bond acceptors (Lipinski definition) is 6. The molecule has 45 heavy (non-hydrogen) atoms. The molecule has 4 aromatic carbocycles. The first kappa shape index (κ1) is 32.3. The van der Waals surface area contributed by atoms with E-state index in [4.69, 9.17) is 27.9 Å². The smallest absolute Gasteiger partial charge is 0.272 e. The lowest BCUT2D eigenvalue weighted by atomic mass is 10.1. The monoisotopic (exact) mass is 723 g/mol. The predicted octanol–water partition coefficient (Wildman–Crippen LogP) is 7.60. The number of anilines is 2. The first-order chi connectivity index (χ1) is 21.6. The first-order valence-electron chi connectivity index (χ1n) is 13.4. The van der Waals surface area contributed by atoms with Crippen LogP contribution >= 0.6 is 50.9 Å². The van der Waals surface area contributed by atoms with Gasteiger partial charge in [0.25, 0.3) is 11.8 Å². The molecule has 0 bridgehead atoms. The lowest BCUT2D eigenvalue weighted by molar-refractivity contribution is -0.121. The Morgan fingerprint density at radius 2 is 1.73 bits per heavy atom. The molecule has 1 fully saturated rings. The maximum Gasteiger partial charge on any atom is 0.272 e. The SMILES string of the molecule is COc1ccc(Br)cc1/C=C(\NC(=O)c1ccccc1)C(=O)Nc1cccc(SC2CC(=O)N(c3ccc(Cl)c(Cl)c3)C2=O)c1. The number of amides is 4. The Labute approximate surface area is 281 Å². The predicted molar refractivity (Wildman–Crippen MR) is 181 cm³/mol. The van der Waals surface area contributed by atoms with Gasteiger partial charge in [-0.3, -0.25) is 19.2 Å². The maximum atomic E-state index is 13.6. The molecule has 12 heteroatoms. The molecule has 228 valence electrons. The number of thioether (sulfide) groups is 1. The topological polar surface area (TPSA) is 105 Å². The van der Waals surface area contributed by atoms with Crippen LogP contribution in [0.4, 0.5) is 11.4 Å². The standard InChI is InChI=1S/C33H24BrCl2N3O5S/c1-44-28-13-10-21(34)14-20(28)15-27(38-31(41)19-6-3-2-4-7-19)32(42)37-22-8-5-9-24(16-22)45-29-18-30(40)39(33(29)43)23-11-12-25(35)26(36)17-23/h2-17,29H,18H2,1H3,(H,37,42)(H,38,41)/b27-15-. The number of carbonyl (C=O) groups is 4. The minimum atomic E-state index is -0.678. The van der Waals surface area contributed by atoms with Crippen LogP contribution in [0, 0.1) is 0 Å². The summed E-state index contributed by atoms with van der Waals surface area (Å²) in [6.07, 6.45) is 1.52. The largest absolute Gasteiger partial charge is 0.496 e. The quantitative estimate of drug-likeness (QED) is 0.136. The number of methoxy groups -OCH3 is 1. The van der Waals surface area contributed by atoms with Crippen molar-refractivity contribution in [1.82, 2.24) is 5.32 Å². The molecular weight excluding hydrogens is 701 g/mol. The van der Waals surface area contributed by atoms with Crippen molar-refractivity contribution < 1.29 is 23.9 Å². The summed E-state index contributed by atoms with van der Waals surface area (Å²) in [5, 5.41) is 5.41. The third-order valence-electron chi connectivity index (χ3n) is 6.66. The molecule has 1 atom stereocenters. The van der Waals surface area contributed by atoms with Gasteiger partial charge in [-0.1, -0.05) is 63.4 Å². The summed E-state index contributed by atoms with van der Waals surface area (Å²) in [5.41, 5.74) is 1.69. The maximum absolute atomic E-state index is 13.6. The Morgan fingerprint density at radius 3 is 2.47 bits per heavy atom. The molecule has 4 aromatic rings. The number of nitrogens with zero attached hydrogens (tertiary/aromatic N) is 1. The molecule has 1 aliphatic heterocycles. The number of imide groups is 1. The van der Waals surface area contributed by atoms with Gasteiger partial charge >= 0.3 is 0 Å². The number of benzene rings is 4. The Balaban J connectivity index is 1.36. The van der Waals surface area contributed by atoms with E-state index in [2.05, 4.69) is 26.6 Å². The summed E-state index contributed by atoms with van der Waals surface area (Å²) in [6.45, 7) is 0. The lowest BCUT2D eigenvalue weighted by Gasteiger charge is -2.16. The van der Waals surface area contributed by atoms with Crippen LogP contribution in [-0.2, 0) is 14.4 Å². The Hall–Kier alpha value is -4.09. The molecule has 8 nitrogen and oxygen atoms in total. The second kappa shape index (κ2) is 14.3. The fourth-order valence-electron chi connectivity index (χ4n) is 4.52. The van der Waals surface area contributed by atoms with E-state index >= 15 is 0 Å². The van der Waals surface area contributed by atoms with Gasteiger partial charge in [0.2, 0.25) is 11.8 Å². The Kier molecular flexibility index (Phi) is 10.3. The highest BCUT2D eigenvalue weighted by atomic mass is 79.9. The Bertz CT molecular complexity index is 1840. The summed E-state index contributed by atoms with van der Waals surface area (Å²) in [6, 6.07) is 25.3. The molecule has 1 saturated heterocycles. The van der Waals surface area contributed by atoms with E-state index in [0.717, 1.165) is 9.37 Å². The van der Waals surface area contributed by atoms with E-state index in [1.165, 1.54) is 37.1 Å². The second-order valence-electron chi connectivity index (χ2n) is 9.72. The lowest BCUT2D eigenvalue weighted by Crippen LogP contribution is -2.31. The van der Waals surface area contributed by atoms with E-state index < -0.39 is 17.1 Å². The summed E-state index contributed by atoms with van der Waals surface area (Å²) in [7, 11) is 1.51. The van der Waals surface area contributed by atoms with Gasteiger partial charge in [-0.05, 0) is 72.8 Å². The highest BCUT2D eigenvalue weighted by Crippen LogP contribution is 2.36. The average Bonchev–Trinajstić information content (AvgIpc) is 3.30. The zero-order chi connectivity index (χ0) is 32.1. The van der Waals surface area contributed by atoms with Gasteiger partial charge in [0.05, 0.1) is 28.1 Å². The van der Waals surface area contributed by atoms with Crippen molar-refractivity contribution in [2.75, 3.05) is 17.3 Å². The fraction of sp³-hybridized carbons (Fsp3) is 0.0909. The van der Waals surface area contributed by atoms with Gasteiger partial charge in [0.15, 0.2) is 0 Å². The summed E-state index contributed by atoms with van der Waals surface area (Å²) < 4.78 is 6.21. The molecule has 0 spiro atoms. The van der Waals surface area contributed by atoms with Crippen LogP contribution in [0.25, 0.3) is 6.08 Å². The van der Waals surface area contributed by atoms with Gasteiger partial charge in [0, 0.05) is 32.6 Å². The number of nitrogens with one attached hydrogen (secondary N) is 2. The average molecular weight is 725 g/mol. The van der Waals surface area contributed by atoms with Crippen LogP contribution in [0.1, 0.15) is 22.3 Å². The van der Waals surface area contributed by atoms with E-state index in [-0.39, 0.29) is 29.0 Å². The summed E-state index contributed by atoms with van der Waals surface area (Å²) >= 11 is 16.7. The van der Waals surface area contributed by atoms with E-state index in [1.807, 2.05) is 0 Å². The molecule has 0 aliphatic carbocycles. The zero-order valence-electron chi connectivity index (χ0n) is 23.6. The van der Waals surface area contributed by atoms with Crippen molar-refractivity contribution in [3.8, 4) is 5.75 Å². The fourth-order valence-corrected chi connectivity index (χ4v) is 6.30. The third kappa shape index (κ3) is 7.77. The van der Waals surface area contributed by atoms with Crippen molar-refractivity contribution in [1.29, 1.82) is 0 Å². The number of ether oxygens (including phenoxy) is 1. The number of halogens is 3. The van der Waals surface area contributed by atoms with Crippen molar-refractivity contribution in [2.45, 2.75) is 16.6 Å². The highest BCUT2D eigenvalue weighted by Gasteiger charge is 2.40. The molecule has 0 radical (unpaired) electrons. The van der Waals surface area contributed by atoms with Crippen LogP contribution in [0.5, 0.6) is 5.75 Å². The van der Waals surface area contributed by atoms with Crippen molar-refractivity contribution >= 4 is 92.0 Å². The van der Waals surface area contributed by atoms with Crippen LogP contribution in [0.15, 0.2) is 106 Å².